The number of aryl methyl sites for hydroxylation is 1. The Balaban J connectivity index is 1.77. The van der Waals surface area contributed by atoms with E-state index in [1.165, 1.54) is 11.6 Å². The third-order valence-corrected chi connectivity index (χ3v) is 3.20. The van der Waals surface area contributed by atoms with Gasteiger partial charge in [-0.15, -0.1) is 0 Å². The molecule has 0 saturated carbocycles. The summed E-state index contributed by atoms with van der Waals surface area (Å²) < 4.78 is 4.90. The van der Waals surface area contributed by atoms with Crippen LogP contribution in [-0.4, -0.2) is 18.5 Å². The standard InChI is InChI=1S/C19H19NO3/c1-2-15-8-10-16(11-9-15)12-13-19(22)23-14-18(21)20-17-6-4-3-5-7-17/h3-13H,2,14H2,1H3,(H,20,21)/b13-12+. The van der Waals surface area contributed by atoms with Crippen LogP contribution in [0.2, 0.25) is 0 Å². The molecule has 0 saturated heterocycles. The van der Waals surface area contributed by atoms with Gasteiger partial charge in [0.15, 0.2) is 6.61 Å². The van der Waals surface area contributed by atoms with Gasteiger partial charge in [0.2, 0.25) is 0 Å². The molecule has 2 rings (SSSR count). The third-order valence-electron chi connectivity index (χ3n) is 3.20. The molecule has 4 nitrogen and oxygen atoms in total. The van der Waals surface area contributed by atoms with Crippen molar-refractivity contribution in [2.45, 2.75) is 13.3 Å². The molecule has 0 aliphatic heterocycles. The molecule has 0 heterocycles. The van der Waals surface area contributed by atoms with Gasteiger partial charge >= 0.3 is 5.97 Å². The maximum Gasteiger partial charge on any atom is 0.331 e. The Morgan fingerprint density at radius 3 is 2.39 bits per heavy atom. The monoisotopic (exact) mass is 309 g/mol. The van der Waals surface area contributed by atoms with Crippen LogP contribution in [0.4, 0.5) is 5.69 Å². The number of nitrogens with one attached hydrogen (secondary N) is 1. The summed E-state index contributed by atoms with van der Waals surface area (Å²) in [6.45, 7) is 1.77. The Kier molecular flexibility index (Phi) is 6.12. The maximum atomic E-state index is 11.6. The number of ether oxygens (including phenoxy) is 1. The van der Waals surface area contributed by atoms with Crippen molar-refractivity contribution in [3.05, 3.63) is 71.8 Å². The Morgan fingerprint density at radius 1 is 1.04 bits per heavy atom. The fourth-order valence-corrected chi connectivity index (χ4v) is 1.93. The van der Waals surface area contributed by atoms with Crippen LogP contribution >= 0.6 is 0 Å². The van der Waals surface area contributed by atoms with Gasteiger partial charge in [-0.2, -0.15) is 0 Å². The van der Waals surface area contributed by atoms with Crippen LogP contribution in [0.15, 0.2) is 60.7 Å². The van der Waals surface area contributed by atoms with Crippen LogP contribution in [0.1, 0.15) is 18.1 Å². The molecular weight excluding hydrogens is 290 g/mol. The molecule has 0 bridgehead atoms. The first-order chi connectivity index (χ1) is 11.2. The van der Waals surface area contributed by atoms with E-state index in [0.29, 0.717) is 5.69 Å². The molecule has 1 amide bonds. The molecule has 0 aliphatic rings. The van der Waals surface area contributed by atoms with Crippen molar-refractivity contribution in [3.8, 4) is 0 Å². The lowest BCUT2D eigenvalue weighted by molar-refractivity contribution is -0.142. The topological polar surface area (TPSA) is 55.4 Å². The quantitative estimate of drug-likeness (QED) is 0.657. The minimum Gasteiger partial charge on any atom is -0.452 e. The summed E-state index contributed by atoms with van der Waals surface area (Å²) in [6, 6.07) is 16.9. The summed E-state index contributed by atoms with van der Waals surface area (Å²) in [7, 11) is 0. The highest BCUT2D eigenvalue weighted by atomic mass is 16.5. The van der Waals surface area contributed by atoms with Gasteiger partial charge < -0.3 is 10.1 Å². The van der Waals surface area contributed by atoms with Gasteiger partial charge in [0, 0.05) is 11.8 Å². The Hall–Kier alpha value is -2.88. The highest BCUT2D eigenvalue weighted by Crippen LogP contribution is 2.07. The van der Waals surface area contributed by atoms with Crippen LogP contribution in [0.3, 0.4) is 0 Å². The molecule has 0 radical (unpaired) electrons. The number of para-hydroxylation sites is 1. The van der Waals surface area contributed by atoms with Crippen LogP contribution in [0.25, 0.3) is 6.08 Å². The largest absolute Gasteiger partial charge is 0.452 e. The Morgan fingerprint density at radius 2 is 1.74 bits per heavy atom. The zero-order valence-corrected chi connectivity index (χ0v) is 13.0. The average Bonchev–Trinajstić information content (AvgIpc) is 2.59. The number of anilines is 1. The molecule has 0 fully saturated rings. The van der Waals surface area contributed by atoms with E-state index in [-0.39, 0.29) is 12.5 Å². The fourth-order valence-electron chi connectivity index (χ4n) is 1.93. The van der Waals surface area contributed by atoms with Gasteiger partial charge in [0.25, 0.3) is 5.91 Å². The molecular formula is C19H19NO3. The van der Waals surface area contributed by atoms with Crippen molar-refractivity contribution < 1.29 is 14.3 Å². The predicted molar refractivity (Wildman–Crippen MR) is 90.9 cm³/mol. The van der Waals surface area contributed by atoms with Gasteiger partial charge in [0.05, 0.1) is 0 Å². The SMILES string of the molecule is CCc1ccc(/C=C/C(=O)OCC(=O)Nc2ccccc2)cc1. The smallest absolute Gasteiger partial charge is 0.331 e. The number of esters is 1. The highest BCUT2D eigenvalue weighted by molar-refractivity contribution is 5.94. The second-order valence-electron chi connectivity index (χ2n) is 4.95. The second-order valence-corrected chi connectivity index (χ2v) is 4.95. The minimum absolute atomic E-state index is 0.313. The molecule has 4 heteroatoms. The molecule has 0 aromatic heterocycles. The van der Waals surface area contributed by atoms with Crippen molar-refractivity contribution in [2.75, 3.05) is 11.9 Å². The normalized spacial score (nSPS) is 10.5. The van der Waals surface area contributed by atoms with E-state index in [1.54, 1.807) is 18.2 Å². The molecule has 2 aromatic rings. The summed E-state index contributed by atoms with van der Waals surface area (Å²) in [6.07, 6.45) is 3.95. The van der Waals surface area contributed by atoms with Gasteiger partial charge in [-0.05, 0) is 35.8 Å². The second kappa shape index (κ2) is 8.54. The number of amides is 1. The van der Waals surface area contributed by atoms with E-state index in [4.69, 9.17) is 4.74 Å². The number of hydrogen-bond donors (Lipinski definition) is 1. The zero-order valence-electron chi connectivity index (χ0n) is 13.0. The van der Waals surface area contributed by atoms with Gasteiger partial charge in [-0.1, -0.05) is 49.4 Å². The average molecular weight is 309 g/mol. The molecule has 0 atom stereocenters. The predicted octanol–water partition coefficient (Wildman–Crippen LogP) is 3.44. The summed E-state index contributed by atoms with van der Waals surface area (Å²) in [4.78, 5) is 23.3. The van der Waals surface area contributed by atoms with Crippen LogP contribution < -0.4 is 5.32 Å². The molecule has 0 spiro atoms. The first kappa shape index (κ1) is 16.5. The molecule has 23 heavy (non-hydrogen) atoms. The first-order valence-electron chi connectivity index (χ1n) is 7.46. The zero-order chi connectivity index (χ0) is 16.5. The summed E-state index contributed by atoms with van der Waals surface area (Å²) in [5.74, 6) is -0.918. The Labute approximate surface area is 135 Å². The van der Waals surface area contributed by atoms with Crippen LogP contribution in [0, 0.1) is 0 Å². The van der Waals surface area contributed by atoms with E-state index < -0.39 is 5.97 Å². The first-order valence-corrected chi connectivity index (χ1v) is 7.46. The highest BCUT2D eigenvalue weighted by Gasteiger charge is 2.05. The number of rotatable bonds is 6. The summed E-state index contributed by atoms with van der Waals surface area (Å²) in [5.41, 5.74) is 2.82. The van der Waals surface area contributed by atoms with Crippen molar-refractivity contribution in [3.63, 3.8) is 0 Å². The number of carbonyl (C=O) groups excluding carboxylic acids is 2. The van der Waals surface area contributed by atoms with Gasteiger partial charge in [-0.3, -0.25) is 4.79 Å². The van der Waals surface area contributed by atoms with Crippen molar-refractivity contribution in [1.82, 2.24) is 0 Å². The van der Waals surface area contributed by atoms with E-state index in [9.17, 15) is 9.59 Å². The van der Waals surface area contributed by atoms with Gasteiger partial charge in [0.1, 0.15) is 0 Å². The maximum absolute atomic E-state index is 11.6. The fraction of sp³-hybridized carbons (Fsp3) is 0.158. The molecule has 0 aliphatic carbocycles. The lowest BCUT2D eigenvalue weighted by Gasteiger charge is -2.04. The summed E-state index contributed by atoms with van der Waals surface area (Å²) in [5, 5.41) is 2.64. The minimum atomic E-state index is -0.548. The third kappa shape index (κ3) is 5.79. The molecule has 1 N–H and O–H groups in total. The van der Waals surface area contributed by atoms with Crippen molar-refractivity contribution in [2.24, 2.45) is 0 Å². The summed E-state index contributed by atoms with van der Waals surface area (Å²) >= 11 is 0. The molecule has 0 unspecified atom stereocenters. The van der Waals surface area contributed by atoms with Crippen molar-refractivity contribution >= 4 is 23.6 Å². The van der Waals surface area contributed by atoms with Crippen LogP contribution in [-0.2, 0) is 20.7 Å². The lowest BCUT2D eigenvalue weighted by atomic mass is 10.1. The van der Waals surface area contributed by atoms with Crippen molar-refractivity contribution in [1.29, 1.82) is 0 Å². The lowest BCUT2D eigenvalue weighted by Crippen LogP contribution is -2.20. The van der Waals surface area contributed by atoms with E-state index in [2.05, 4.69) is 12.2 Å². The van der Waals surface area contributed by atoms with Crippen LogP contribution in [0.5, 0.6) is 0 Å². The van der Waals surface area contributed by atoms with E-state index in [1.807, 2.05) is 42.5 Å². The molecule has 2 aromatic carbocycles. The number of benzene rings is 2. The van der Waals surface area contributed by atoms with E-state index in [0.717, 1.165) is 12.0 Å². The Bertz CT molecular complexity index is 676. The van der Waals surface area contributed by atoms with E-state index >= 15 is 0 Å². The molecule has 118 valence electrons. The number of hydrogen-bond acceptors (Lipinski definition) is 3. The number of carbonyl (C=O) groups is 2. The van der Waals surface area contributed by atoms with Gasteiger partial charge in [-0.25, -0.2) is 4.79 Å².